The molecule has 1 N–H and O–H groups in total. The van der Waals surface area contributed by atoms with E-state index >= 15 is 0 Å². The number of rotatable bonds is 5. The number of aromatic nitrogens is 3. The monoisotopic (exact) mass is 333 g/mol. The number of nitrogens with one attached hydrogen (secondary N) is 1. The Morgan fingerprint density at radius 3 is 2.71 bits per heavy atom. The second kappa shape index (κ2) is 7.12. The Kier molecular flexibility index (Phi) is 4.94. The number of piperidine rings is 1. The number of aryl methyl sites for hydroxylation is 1. The van der Waals surface area contributed by atoms with Crippen molar-refractivity contribution in [3.63, 3.8) is 0 Å². The van der Waals surface area contributed by atoms with Crippen LogP contribution in [0.2, 0.25) is 0 Å². The predicted molar refractivity (Wildman–Crippen MR) is 86.7 cm³/mol. The zero-order valence-electron chi connectivity index (χ0n) is 14.3. The number of hydrogen-bond acceptors (Lipinski definition) is 7. The van der Waals surface area contributed by atoms with Gasteiger partial charge in [-0.2, -0.15) is 0 Å². The SMILES string of the molecule is Cc1cc(NC(=O)CN2CCC(c3nnc(C(C)C)o3)CC2)no1. The van der Waals surface area contributed by atoms with E-state index in [1.807, 2.05) is 13.8 Å². The van der Waals surface area contributed by atoms with Gasteiger partial charge in [-0.1, -0.05) is 19.0 Å². The Labute approximate surface area is 140 Å². The highest BCUT2D eigenvalue weighted by Crippen LogP contribution is 2.28. The molecule has 0 unspecified atom stereocenters. The molecule has 3 heterocycles. The molecule has 0 radical (unpaired) electrons. The molecule has 0 bridgehead atoms. The van der Waals surface area contributed by atoms with Crippen LogP contribution >= 0.6 is 0 Å². The number of carbonyl (C=O) groups is 1. The van der Waals surface area contributed by atoms with Crippen molar-refractivity contribution in [2.24, 2.45) is 0 Å². The third-order valence-electron chi connectivity index (χ3n) is 4.15. The molecule has 1 aliphatic rings. The lowest BCUT2D eigenvalue weighted by Crippen LogP contribution is -2.38. The molecule has 0 spiro atoms. The molecule has 2 aromatic rings. The molecule has 0 atom stereocenters. The van der Waals surface area contributed by atoms with Crippen molar-refractivity contribution in [2.75, 3.05) is 25.0 Å². The number of carbonyl (C=O) groups excluding carboxylic acids is 1. The van der Waals surface area contributed by atoms with Crippen LogP contribution in [0.3, 0.4) is 0 Å². The van der Waals surface area contributed by atoms with Crippen LogP contribution < -0.4 is 5.32 Å². The van der Waals surface area contributed by atoms with Crippen molar-refractivity contribution in [3.8, 4) is 0 Å². The maximum atomic E-state index is 12.0. The smallest absolute Gasteiger partial charge is 0.239 e. The first kappa shape index (κ1) is 16.6. The average molecular weight is 333 g/mol. The summed E-state index contributed by atoms with van der Waals surface area (Å²) in [6.07, 6.45) is 1.83. The van der Waals surface area contributed by atoms with E-state index in [0.29, 0.717) is 24.0 Å². The predicted octanol–water partition coefficient (Wildman–Crippen LogP) is 2.31. The Morgan fingerprint density at radius 2 is 2.12 bits per heavy atom. The fraction of sp³-hybridized carbons (Fsp3) is 0.625. The Balaban J connectivity index is 1.47. The van der Waals surface area contributed by atoms with Gasteiger partial charge in [0.2, 0.25) is 17.7 Å². The maximum absolute atomic E-state index is 12.0. The molecule has 1 amide bonds. The maximum Gasteiger partial charge on any atom is 0.239 e. The number of anilines is 1. The summed E-state index contributed by atoms with van der Waals surface area (Å²) in [5.74, 6) is 2.99. The highest BCUT2D eigenvalue weighted by atomic mass is 16.5. The highest BCUT2D eigenvalue weighted by Gasteiger charge is 2.26. The van der Waals surface area contributed by atoms with Gasteiger partial charge in [0.15, 0.2) is 5.82 Å². The van der Waals surface area contributed by atoms with Gasteiger partial charge in [-0.25, -0.2) is 0 Å². The van der Waals surface area contributed by atoms with Crippen LogP contribution in [0.5, 0.6) is 0 Å². The molecule has 1 aliphatic heterocycles. The van der Waals surface area contributed by atoms with Gasteiger partial charge in [0.05, 0.1) is 6.54 Å². The molecule has 1 saturated heterocycles. The first-order valence-electron chi connectivity index (χ1n) is 8.30. The van der Waals surface area contributed by atoms with Crippen molar-refractivity contribution in [2.45, 2.75) is 45.4 Å². The minimum Gasteiger partial charge on any atom is -0.425 e. The Bertz CT molecular complexity index is 685. The third kappa shape index (κ3) is 4.00. The van der Waals surface area contributed by atoms with Crippen LogP contribution in [0.4, 0.5) is 5.82 Å². The van der Waals surface area contributed by atoms with Crippen molar-refractivity contribution in [1.29, 1.82) is 0 Å². The summed E-state index contributed by atoms with van der Waals surface area (Å²) >= 11 is 0. The van der Waals surface area contributed by atoms with Crippen LogP contribution in [0.1, 0.15) is 56.1 Å². The standard InChI is InChI=1S/C16H23N5O3/c1-10(2)15-18-19-16(23-15)12-4-6-21(7-5-12)9-14(22)17-13-8-11(3)24-20-13/h8,10,12H,4-7,9H2,1-3H3,(H,17,20,22). The fourth-order valence-electron chi connectivity index (χ4n) is 2.79. The van der Waals surface area contributed by atoms with Crippen LogP contribution in [-0.2, 0) is 4.79 Å². The second-order valence-electron chi connectivity index (χ2n) is 6.55. The van der Waals surface area contributed by atoms with E-state index in [4.69, 9.17) is 8.94 Å². The lowest BCUT2D eigenvalue weighted by molar-refractivity contribution is -0.117. The van der Waals surface area contributed by atoms with Crippen LogP contribution in [0, 0.1) is 6.92 Å². The van der Waals surface area contributed by atoms with Crippen molar-refractivity contribution < 1.29 is 13.7 Å². The van der Waals surface area contributed by atoms with E-state index in [-0.39, 0.29) is 17.7 Å². The fourth-order valence-corrected chi connectivity index (χ4v) is 2.79. The molecule has 3 rings (SSSR count). The summed E-state index contributed by atoms with van der Waals surface area (Å²) in [7, 11) is 0. The van der Waals surface area contributed by atoms with Crippen molar-refractivity contribution in [1.82, 2.24) is 20.3 Å². The van der Waals surface area contributed by atoms with Crippen molar-refractivity contribution in [3.05, 3.63) is 23.6 Å². The molecule has 2 aromatic heterocycles. The largest absolute Gasteiger partial charge is 0.425 e. The number of amides is 1. The molecule has 130 valence electrons. The minimum atomic E-state index is -0.0818. The Morgan fingerprint density at radius 1 is 1.38 bits per heavy atom. The van der Waals surface area contributed by atoms with Crippen LogP contribution in [0.25, 0.3) is 0 Å². The zero-order chi connectivity index (χ0) is 17.1. The van der Waals surface area contributed by atoms with E-state index in [1.54, 1.807) is 13.0 Å². The summed E-state index contributed by atoms with van der Waals surface area (Å²) in [6.45, 7) is 7.86. The van der Waals surface area contributed by atoms with Gasteiger partial charge in [-0.05, 0) is 32.9 Å². The van der Waals surface area contributed by atoms with E-state index < -0.39 is 0 Å². The topological polar surface area (TPSA) is 97.3 Å². The quantitative estimate of drug-likeness (QED) is 0.896. The minimum absolute atomic E-state index is 0.0818. The molecule has 1 fully saturated rings. The molecule has 8 heteroatoms. The summed E-state index contributed by atoms with van der Waals surface area (Å²) in [5, 5.41) is 14.8. The molecule has 0 saturated carbocycles. The van der Waals surface area contributed by atoms with Gasteiger partial charge in [-0.3, -0.25) is 9.69 Å². The second-order valence-corrected chi connectivity index (χ2v) is 6.55. The van der Waals surface area contributed by atoms with E-state index in [0.717, 1.165) is 31.8 Å². The lowest BCUT2D eigenvalue weighted by Gasteiger charge is -2.29. The molecule has 0 aromatic carbocycles. The average Bonchev–Trinajstić information content (AvgIpc) is 3.17. The lowest BCUT2D eigenvalue weighted by atomic mass is 9.97. The summed E-state index contributed by atoms with van der Waals surface area (Å²) in [5.41, 5.74) is 0. The Hall–Kier alpha value is -2.22. The van der Waals surface area contributed by atoms with Crippen molar-refractivity contribution >= 4 is 11.7 Å². The first-order valence-corrected chi connectivity index (χ1v) is 8.30. The molecular formula is C16H23N5O3. The summed E-state index contributed by atoms with van der Waals surface area (Å²) in [6, 6.07) is 1.70. The van der Waals surface area contributed by atoms with Gasteiger partial charge in [-0.15, -0.1) is 10.2 Å². The zero-order valence-corrected chi connectivity index (χ0v) is 14.3. The molecular weight excluding hydrogens is 310 g/mol. The van der Waals surface area contributed by atoms with E-state index in [9.17, 15) is 4.79 Å². The van der Waals surface area contributed by atoms with E-state index in [1.165, 1.54) is 0 Å². The van der Waals surface area contributed by atoms with Crippen LogP contribution in [-0.4, -0.2) is 45.8 Å². The van der Waals surface area contributed by atoms with E-state index in [2.05, 4.69) is 25.6 Å². The third-order valence-corrected chi connectivity index (χ3v) is 4.15. The van der Waals surface area contributed by atoms with Gasteiger partial charge < -0.3 is 14.3 Å². The number of hydrogen-bond donors (Lipinski definition) is 1. The van der Waals surface area contributed by atoms with Gasteiger partial charge in [0.25, 0.3) is 0 Å². The van der Waals surface area contributed by atoms with Crippen LogP contribution in [0.15, 0.2) is 15.0 Å². The molecule has 8 nitrogen and oxygen atoms in total. The normalized spacial score (nSPS) is 16.7. The first-order chi connectivity index (χ1) is 11.5. The number of nitrogens with zero attached hydrogens (tertiary/aromatic N) is 4. The summed E-state index contributed by atoms with van der Waals surface area (Å²) < 4.78 is 10.7. The summed E-state index contributed by atoms with van der Waals surface area (Å²) in [4.78, 5) is 14.2. The van der Waals surface area contributed by atoms with Gasteiger partial charge >= 0.3 is 0 Å². The molecule has 24 heavy (non-hydrogen) atoms. The highest BCUT2D eigenvalue weighted by molar-refractivity contribution is 5.91. The number of likely N-dealkylation sites (tertiary alicyclic amines) is 1. The van der Waals surface area contributed by atoms with Gasteiger partial charge in [0.1, 0.15) is 5.76 Å². The van der Waals surface area contributed by atoms with Gasteiger partial charge in [0, 0.05) is 17.9 Å². The molecule has 0 aliphatic carbocycles.